The van der Waals surface area contributed by atoms with Gasteiger partial charge in [-0.15, -0.1) is 0 Å². The lowest BCUT2D eigenvalue weighted by Gasteiger charge is -2.15. The predicted molar refractivity (Wildman–Crippen MR) is 52.1 cm³/mol. The Bertz CT molecular complexity index is 312. The fourth-order valence-corrected chi connectivity index (χ4v) is 1.72. The molecule has 2 atom stereocenters. The third-order valence-corrected chi connectivity index (χ3v) is 2.55. The summed E-state index contributed by atoms with van der Waals surface area (Å²) >= 11 is 0. The summed E-state index contributed by atoms with van der Waals surface area (Å²) < 4.78 is 0. The van der Waals surface area contributed by atoms with E-state index in [1.165, 1.54) is 0 Å². The minimum Gasteiger partial charge on any atom is -0.349 e. The highest BCUT2D eigenvalue weighted by Gasteiger charge is 2.23. The Hall–Kier alpha value is -1.31. The molecule has 2 bridgehead atoms. The zero-order valence-corrected chi connectivity index (χ0v) is 7.66. The van der Waals surface area contributed by atoms with Gasteiger partial charge in [0.1, 0.15) is 0 Å². The summed E-state index contributed by atoms with van der Waals surface area (Å²) in [4.78, 5) is 11.6. The number of fused-ring (bicyclic) bond motifs is 3. The van der Waals surface area contributed by atoms with Gasteiger partial charge in [0.15, 0.2) is 0 Å². The molecule has 0 saturated carbocycles. The lowest BCUT2D eigenvalue weighted by atomic mass is 9.99. The quantitative estimate of drug-likeness (QED) is 0.556. The molecule has 2 aliphatic rings. The van der Waals surface area contributed by atoms with Crippen molar-refractivity contribution in [1.29, 1.82) is 0 Å². The van der Waals surface area contributed by atoms with Gasteiger partial charge in [0.2, 0.25) is 5.91 Å². The van der Waals surface area contributed by atoms with Gasteiger partial charge in [-0.05, 0) is 13.3 Å². The summed E-state index contributed by atoms with van der Waals surface area (Å²) in [6.45, 7) is 2.02. The van der Waals surface area contributed by atoms with Crippen LogP contribution < -0.4 is 5.32 Å². The van der Waals surface area contributed by atoms with Crippen LogP contribution in [0.3, 0.4) is 0 Å². The average Bonchev–Trinajstić information content (AvgIpc) is 2.18. The Balaban J connectivity index is 2.41. The maximum atomic E-state index is 11.6. The van der Waals surface area contributed by atoms with Crippen molar-refractivity contribution in [2.24, 2.45) is 5.92 Å². The van der Waals surface area contributed by atoms with E-state index in [2.05, 4.69) is 11.4 Å². The van der Waals surface area contributed by atoms with Crippen molar-refractivity contribution in [3.63, 3.8) is 0 Å². The first-order valence-electron chi connectivity index (χ1n) is 4.59. The highest BCUT2D eigenvalue weighted by Crippen LogP contribution is 2.19. The second-order valence-corrected chi connectivity index (χ2v) is 3.55. The number of hydrogen-bond acceptors (Lipinski definition) is 1. The highest BCUT2D eigenvalue weighted by molar-refractivity contribution is 5.84. The monoisotopic (exact) mass is 175 g/mol. The van der Waals surface area contributed by atoms with Crippen LogP contribution in [-0.2, 0) is 4.79 Å². The van der Waals surface area contributed by atoms with Gasteiger partial charge >= 0.3 is 0 Å². The zero-order chi connectivity index (χ0) is 9.26. The van der Waals surface area contributed by atoms with Gasteiger partial charge in [-0.3, -0.25) is 4.79 Å². The van der Waals surface area contributed by atoms with Crippen molar-refractivity contribution in [3.8, 4) is 0 Å². The molecule has 13 heavy (non-hydrogen) atoms. The van der Waals surface area contributed by atoms with Crippen LogP contribution in [0.15, 0.2) is 36.0 Å². The van der Waals surface area contributed by atoms with E-state index in [-0.39, 0.29) is 17.9 Å². The standard InChI is InChI=1S/C11H13NO/c1-8-6-7-9-4-2-3-5-10(8)11(13)12-9/h2-6,9-10H,7H2,1H3,(H,12,13)/t9-,10-/m0/s1. The van der Waals surface area contributed by atoms with Crippen LogP contribution in [0, 0.1) is 5.92 Å². The summed E-state index contributed by atoms with van der Waals surface area (Å²) in [5.74, 6) is 0.0619. The van der Waals surface area contributed by atoms with Crippen LogP contribution in [-0.4, -0.2) is 11.9 Å². The third-order valence-electron chi connectivity index (χ3n) is 2.55. The molecule has 2 aliphatic heterocycles. The topological polar surface area (TPSA) is 29.1 Å². The number of hydrogen-bond donors (Lipinski definition) is 1. The lowest BCUT2D eigenvalue weighted by Crippen LogP contribution is -2.36. The Morgan fingerprint density at radius 2 is 2.15 bits per heavy atom. The fraction of sp³-hybridized carbons (Fsp3) is 0.364. The summed E-state index contributed by atoms with van der Waals surface area (Å²) in [7, 11) is 0. The van der Waals surface area contributed by atoms with E-state index < -0.39 is 0 Å². The van der Waals surface area contributed by atoms with E-state index in [1.54, 1.807) is 0 Å². The number of nitrogens with one attached hydrogen (secondary N) is 1. The van der Waals surface area contributed by atoms with Gasteiger partial charge in [0.25, 0.3) is 0 Å². The molecule has 2 heterocycles. The molecular weight excluding hydrogens is 162 g/mol. The number of rotatable bonds is 0. The van der Waals surface area contributed by atoms with Gasteiger partial charge in [-0.25, -0.2) is 0 Å². The van der Waals surface area contributed by atoms with Crippen molar-refractivity contribution in [2.75, 3.05) is 0 Å². The number of carbonyl (C=O) groups excluding carboxylic acids is 1. The van der Waals surface area contributed by atoms with Gasteiger partial charge in [0, 0.05) is 0 Å². The number of allylic oxidation sites excluding steroid dienone is 2. The molecule has 0 fully saturated rings. The molecule has 0 unspecified atom stereocenters. The van der Waals surface area contributed by atoms with Crippen molar-refractivity contribution < 1.29 is 4.79 Å². The first-order valence-corrected chi connectivity index (χ1v) is 4.59. The molecule has 1 N–H and O–H groups in total. The lowest BCUT2D eigenvalue weighted by molar-refractivity contribution is -0.122. The van der Waals surface area contributed by atoms with Gasteiger partial charge < -0.3 is 5.32 Å². The molecule has 0 aromatic heterocycles. The highest BCUT2D eigenvalue weighted by atomic mass is 16.1. The van der Waals surface area contributed by atoms with E-state index in [0.29, 0.717) is 0 Å². The average molecular weight is 175 g/mol. The predicted octanol–water partition coefficient (Wildman–Crippen LogP) is 1.56. The Morgan fingerprint density at radius 1 is 1.38 bits per heavy atom. The SMILES string of the molecule is CC1=CC[C@@H]2C=CC=C[C@@H]1C(=O)N2. The molecule has 0 radical (unpaired) electrons. The maximum Gasteiger partial charge on any atom is 0.231 e. The summed E-state index contributed by atoms with van der Waals surface area (Å²) in [5.41, 5.74) is 1.15. The van der Waals surface area contributed by atoms with Crippen molar-refractivity contribution >= 4 is 5.91 Å². The molecule has 0 spiro atoms. The van der Waals surface area contributed by atoms with Crippen LogP contribution in [0.2, 0.25) is 0 Å². The Morgan fingerprint density at radius 3 is 3.00 bits per heavy atom. The van der Waals surface area contributed by atoms with Crippen molar-refractivity contribution in [2.45, 2.75) is 19.4 Å². The first-order chi connectivity index (χ1) is 6.27. The summed E-state index contributed by atoms with van der Waals surface area (Å²) in [6.07, 6.45) is 11.0. The number of carbonyl (C=O) groups is 1. The van der Waals surface area contributed by atoms with E-state index in [4.69, 9.17) is 0 Å². The molecule has 2 rings (SSSR count). The van der Waals surface area contributed by atoms with E-state index >= 15 is 0 Å². The van der Waals surface area contributed by atoms with Gasteiger partial charge in [-0.2, -0.15) is 0 Å². The zero-order valence-electron chi connectivity index (χ0n) is 7.66. The second-order valence-electron chi connectivity index (χ2n) is 3.55. The summed E-state index contributed by atoms with van der Waals surface area (Å²) in [6, 6.07) is 0.178. The van der Waals surface area contributed by atoms with Crippen LogP contribution in [0.5, 0.6) is 0 Å². The van der Waals surface area contributed by atoms with Crippen molar-refractivity contribution in [3.05, 3.63) is 36.0 Å². The van der Waals surface area contributed by atoms with Crippen LogP contribution in [0.4, 0.5) is 0 Å². The van der Waals surface area contributed by atoms with Gasteiger partial charge in [-0.1, -0.05) is 36.0 Å². The normalized spacial score (nSPS) is 31.8. The van der Waals surface area contributed by atoms with Crippen LogP contribution in [0.1, 0.15) is 13.3 Å². The Kier molecular flexibility index (Phi) is 2.05. The minimum atomic E-state index is -0.0602. The third kappa shape index (κ3) is 1.57. The molecule has 2 nitrogen and oxygen atoms in total. The molecule has 0 aliphatic carbocycles. The minimum absolute atomic E-state index is 0.0602. The summed E-state index contributed by atoms with van der Waals surface area (Å²) in [5, 5.41) is 2.98. The molecule has 68 valence electrons. The van der Waals surface area contributed by atoms with E-state index in [1.807, 2.05) is 31.2 Å². The Labute approximate surface area is 78.0 Å². The maximum absolute atomic E-state index is 11.6. The molecule has 2 heteroatoms. The van der Waals surface area contributed by atoms with Crippen LogP contribution >= 0.6 is 0 Å². The number of amides is 1. The van der Waals surface area contributed by atoms with Gasteiger partial charge in [0.05, 0.1) is 12.0 Å². The molecule has 1 amide bonds. The fourth-order valence-electron chi connectivity index (χ4n) is 1.72. The second kappa shape index (κ2) is 3.21. The first kappa shape index (κ1) is 8.30. The smallest absolute Gasteiger partial charge is 0.231 e. The van der Waals surface area contributed by atoms with E-state index in [9.17, 15) is 4.79 Å². The van der Waals surface area contributed by atoms with E-state index in [0.717, 1.165) is 12.0 Å². The molecule has 0 saturated heterocycles. The molecule has 0 aromatic carbocycles. The van der Waals surface area contributed by atoms with Crippen LogP contribution in [0.25, 0.3) is 0 Å². The molecule has 0 aromatic rings. The van der Waals surface area contributed by atoms with Crippen molar-refractivity contribution in [1.82, 2.24) is 5.32 Å². The largest absolute Gasteiger partial charge is 0.349 e. The molecular formula is C11H13NO.